The third-order valence-corrected chi connectivity index (χ3v) is 3.52. The van der Waals surface area contributed by atoms with Gasteiger partial charge in [0, 0.05) is 13.1 Å². The lowest BCUT2D eigenvalue weighted by atomic mass is 9.86. The molecule has 0 atom stereocenters. The first-order chi connectivity index (χ1) is 6.34. The molecule has 0 radical (unpaired) electrons. The highest BCUT2D eigenvalue weighted by molar-refractivity contribution is 4.79. The van der Waals surface area contributed by atoms with E-state index in [0.29, 0.717) is 0 Å². The number of rotatable bonds is 3. The maximum atomic E-state index is 9.11. The van der Waals surface area contributed by atoms with Crippen LogP contribution in [0.4, 0.5) is 0 Å². The van der Waals surface area contributed by atoms with E-state index < -0.39 is 0 Å². The molecule has 0 unspecified atom stereocenters. The minimum absolute atomic E-state index is 0.0219. The molecule has 0 spiro atoms. The van der Waals surface area contributed by atoms with Crippen molar-refractivity contribution in [2.75, 3.05) is 19.6 Å². The molecule has 13 heavy (non-hydrogen) atoms. The Hall–Kier alpha value is -0.0800. The summed E-state index contributed by atoms with van der Waals surface area (Å²) in [6, 6.07) is 0. The third-order valence-electron chi connectivity index (χ3n) is 3.52. The fourth-order valence-corrected chi connectivity index (χ4v) is 2.57. The third kappa shape index (κ3) is 2.68. The second kappa shape index (κ2) is 4.43. The van der Waals surface area contributed by atoms with E-state index in [0.717, 1.165) is 19.0 Å². The molecule has 1 saturated carbocycles. The van der Waals surface area contributed by atoms with Gasteiger partial charge in [-0.3, -0.25) is 4.90 Å². The summed E-state index contributed by atoms with van der Waals surface area (Å²) in [5, 5.41) is 9.11. The fourth-order valence-electron chi connectivity index (χ4n) is 2.57. The topological polar surface area (TPSA) is 23.5 Å². The van der Waals surface area contributed by atoms with Gasteiger partial charge >= 0.3 is 0 Å². The van der Waals surface area contributed by atoms with E-state index in [2.05, 4.69) is 4.90 Å². The van der Waals surface area contributed by atoms with Crippen molar-refractivity contribution in [1.82, 2.24) is 4.90 Å². The Morgan fingerprint density at radius 2 is 1.77 bits per heavy atom. The predicted octanol–water partition coefficient (Wildman–Crippen LogP) is 1.63. The molecular weight excluding hydrogens is 162 g/mol. The summed E-state index contributed by atoms with van der Waals surface area (Å²) >= 11 is 0. The van der Waals surface area contributed by atoms with Crippen molar-refractivity contribution in [3.63, 3.8) is 0 Å². The van der Waals surface area contributed by atoms with E-state index in [4.69, 9.17) is 5.11 Å². The van der Waals surface area contributed by atoms with Crippen molar-refractivity contribution in [1.29, 1.82) is 0 Å². The van der Waals surface area contributed by atoms with Crippen molar-refractivity contribution in [3.05, 3.63) is 0 Å². The molecular formula is C11H21NO. The van der Waals surface area contributed by atoms with Gasteiger partial charge in [-0.15, -0.1) is 0 Å². The summed E-state index contributed by atoms with van der Waals surface area (Å²) in [7, 11) is 0. The van der Waals surface area contributed by atoms with Crippen molar-refractivity contribution in [2.24, 2.45) is 5.92 Å². The van der Waals surface area contributed by atoms with Gasteiger partial charge in [0.25, 0.3) is 0 Å². The van der Waals surface area contributed by atoms with Crippen LogP contribution in [0, 0.1) is 5.92 Å². The van der Waals surface area contributed by atoms with Crippen LogP contribution in [-0.4, -0.2) is 35.7 Å². The van der Waals surface area contributed by atoms with Gasteiger partial charge in [-0.1, -0.05) is 32.1 Å². The summed E-state index contributed by atoms with van der Waals surface area (Å²) in [4.78, 5) is 2.37. The Kier molecular flexibility index (Phi) is 3.23. The van der Waals surface area contributed by atoms with E-state index in [1.807, 2.05) is 0 Å². The molecule has 2 rings (SSSR count). The van der Waals surface area contributed by atoms with E-state index in [-0.39, 0.29) is 6.10 Å². The largest absolute Gasteiger partial charge is 0.390 e. The Labute approximate surface area is 80.9 Å². The lowest BCUT2D eigenvalue weighted by Crippen LogP contribution is -2.51. The molecule has 1 aliphatic heterocycles. The molecule has 1 N–H and O–H groups in total. The molecule has 2 nitrogen and oxygen atoms in total. The van der Waals surface area contributed by atoms with E-state index in [9.17, 15) is 0 Å². The molecule has 0 bridgehead atoms. The molecule has 76 valence electrons. The Morgan fingerprint density at radius 3 is 2.38 bits per heavy atom. The molecule has 0 aromatic carbocycles. The predicted molar refractivity (Wildman–Crippen MR) is 53.6 cm³/mol. The molecule has 1 saturated heterocycles. The molecule has 0 aromatic rings. The van der Waals surface area contributed by atoms with Crippen LogP contribution >= 0.6 is 0 Å². The molecule has 1 aliphatic carbocycles. The zero-order chi connectivity index (χ0) is 9.10. The first-order valence-electron chi connectivity index (χ1n) is 5.75. The molecule has 2 heteroatoms. The van der Waals surface area contributed by atoms with Crippen LogP contribution in [0.1, 0.15) is 38.5 Å². The minimum atomic E-state index is -0.0219. The Bertz CT molecular complexity index is 148. The van der Waals surface area contributed by atoms with Crippen molar-refractivity contribution >= 4 is 0 Å². The smallest absolute Gasteiger partial charge is 0.0793 e. The van der Waals surface area contributed by atoms with Crippen LogP contribution in [0.2, 0.25) is 0 Å². The van der Waals surface area contributed by atoms with Crippen molar-refractivity contribution in [2.45, 2.75) is 44.6 Å². The van der Waals surface area contributed by atoms with Crippen molar-refractivity contribution < 1.29 is 5.11 Å². The summed E-state index contributed by atoms with van der Waals surface area (Å²) in [6.45, 7) is 3.07. The average molecular weight is 183 g/mol. The van der Waals surface area contributed by atoms with Gasteiger partial charge < -0.3 is 5.11 Å². The summed E-state index contributed by atoms with van der Waals surface area (Å²) in [5.41, 5.74) is 0. The van der Waals surface area contributed by atoms with Crippen LogP contribution in [0.25, 0.3) is 0 Å². The Balaban J connectivity index is 1.56. The molecule has 2 aliphatic rings. The van der Waals surface area contributed by atoms with Crippen LogP contribution in [0.5, 0.6) is 0 Å². The summed E-state index contributed by atoms with van der Waals surface area (Å²) in [6.07, 6.45) is 8.62. The van der Waals surface area contributed by atoms with Gasteiger partial charge in [-0.25, -0.2) is 0 Å². The summed E-state index contributed by atoms with van der Waals surface area (Å²) < 4.78 is 0. The number of hydrogen-bond donors (Lipinski definition) is 1. The normalized spacial score (nSPS) is 27.5. The highest BCUT2D eigenvalue weighted by atomic mass is 16.3. The van der Waals surface area contributed by atoms with Crippen LogP contribution in [-0.2, 0) is 0 Å². The second-order valence-electron chi connectivity index (χ2n) is 4.71. The zero-order valence-electron chi connectivity index (χ0n) is 8.41. The monoisotopic (exact) mass is 183 g/mol. The van der Waals surface area contributed by atoms with Gasteiger partial charge in [-0.2, -0.15) is 0 Å². The number of β-amino-alcohol motifs (C(OH)–C–C–N with tert-alkyl or cyclic N) is 1. The first-order valence-corrected chi connectivity index (χ1v) is 5.75. The first kappa shape index (κ1) is 9.47. The SMILES string of the molecule is OC1CN(CCC2CCCCC2)C1. The van der Waals surface area contributed by atoms with Crippen LogP contribution in [0.15, 0.2) is 0 Å². The highest BCUT2D eigenvalue weighted by Gasteiger charge is 2.24. The lowest BCUT2D eigenvalue weighted by Gasteiger charge is -2.37. The lowest BCUT2D eigenvalue weighted by molar-refractivity contribution is -0.00141. The highest BCUT2D eigenvalue weighted by Crippen LogP contribution is 2.26. The van der Waals surface area contributed by atoms with Gasteiger partial charge in [0.1, 0.15) is 0 Å². The standard InChI is InChI=1S/C11H21NO/c13-11-8-12(9-11)7-6-10-4-2-1-3-5-10/h10-11,13H,1-9H2. The van der Waals surface area contributed by atoms with E-state index in [1.54, 1.807) is 0 Å². The van der Waals surface area contributed by atoms with Crippen LogP contribution in [0.3, 0.4) is 0 Å². The zero-order valence-corrected chi connectivity index (χ0v) is 8.41. The summed E-state index contributed by atoms with van der Waals surface area (Å²) in [5.74, 6) is 0.992. The number of hydrogen-bond acceptors (Lipinski definition) is 2. The van der Waals surface area contributed by atoms with Gasteiger partial charge in [0.05, 0.1) is 6.10 Å². The molecule has 0 aromatic heterocycles. The van der Waals surface area contributed by atoms with Gasteiger partial charge in [0.15, 0.2) is 0 Å². The van der Waals surface area contributed by atoms with E-state index in [1.165, 1.54) is 45.1 Å². The number of aliphatic hydroxyl groups is 1. The fraction of sp³-hybridized carbons (Fsp3) is 1.00. The molecule has 1 heterocycles. The quantitative estimate of drug-likeness (QED) is 0.719. The number of aliphatic hydroxyl groups excluding tert-OH is 1. The number of likely N-dealkylation sites (tertiary alicyclic amines) is 1. The number of nitrogens with zero attached hydrogens (tertiary/aromatic N) is 1. The van der Waals surface area contributed by atoms with Gasteiger partial charge in [-0.05, 0) is 18.9 Å². The molecule has 2 fully saturated rings. The van der Waals surface area contributed by atoms with Crippen molar-refractivity contribution in [3.8, 4) is 0 Å². The van der Waals surface area contributed by atoms with Gasteiger partial charge in [0.2, 0.25) is 0 Å². The Morgan fingerprint density at radius 1 is 1.08 bits per heavy atom. The maximum absolute atomic E-state index is 9.11. The maximum Gasteiger partial charge on any atom is 0.0793 e. The minimum Gasteiger partial charge on any atom is -0.390 e. The second-order valence-corrected chi connectivity index (χ2v) is 4.71. The molecule has 0 amide bonds. The van der Waals surface area contributed by atoms with E-state index >= 15 is 0 Å². The van der Waals surface area contributed by atoms with Crippen LogP contribution < -0.4 is 0 Å². The average Bonchev–Trinajstić information content (AvgIpc) is 2.12.